The molecule has 0 saturated carbocycles. The third-order valence-electron chi connectivity index (χ3n) is 5.63. The molecule has 33 heavy (non-hydrogen) atoms. The van der Waals surface area contributed by atoms with Gasteiger partial charge in [0.1, 0.15) is 17.5 Å². The lowest BCUT2D eigenvalue weighted by Crippen LogP contribution is -2.46. The van der Waals surface area contributed by atoms with Crippen LogP contribution in [0.5, 0.6) is 11.5 Å². The first-order chi connectivity index (χ1) is 15.9. The van der Waals surface area contributed by atoms with E-state index in [-0.39, 0.29) is 18.2 Å². The van der Waals surface area contributed by atoms with Crippen LogP contribution in [0.25, 0.3) is 0 Å². The van der Waals surface area contributed by atoms with Crippen LogP contribution in [0.4, 0.5) is 5.69 Å². The second-order valence-corrected chi connectivity index (χ2v) is 7.84. The number of anilines is 1. The van der Waals surface area contributed by atoms with Crippen molar-refractivity contribution in [2.24, 2.45) is 0 Å². The highest BCUT2D eigenvalue weighted by molar-refractivity contribution is 5.98. The number of nitrogens with zero attached hydrogens (tertiary/aromatic N) is 1. The lowest BCUT2D eigenvalue weighted by molar-refractivity contribution is -0.138. The number of carbonyl (C=O) groups is 2. The predicted molar refractivity (Wildman–Crippen MR) is 130 cm³/mol. The van der Waals surface area contributed by atoms with Gasteiger partial charge in [0.2, 0.25) is 11.8 Å². The van der Waals surface area contributed by atoms with Crippen molar-refractivity contribution in [3.63, 3.8) is 0 Å². The van der Waals surface area contributed by atoms with Gasteiger partial charge < -0.3 is 19.7 Å². The minimum absolute atomic E-state index is 0.117. The van der Waals surface area contributed by atoms with Crippen LogP contribution >= 0.6 is 0 Å². The Morgan fingerprint density at radius 1 is 0.939 bits per heavy atom. The molecule has 0 spiro atoms. The van der Waals surface area contributed by atoms with E-state index in [9.17, 15) is 9.59 Å². The third kappa shape index (κ3) is 6.13. The second-order valence-electron chi connectivity index (χ2n) is 7.84. The molecule has 0 aliphatic rings. The number of hydrogen-bond donors (Lipinski definition) is 1. The van der Waals surface area contributed by atoms with Crippen molar-refractivity contribution in [3.8, 4) is 11.5 Å². The zero-order valence-electron chi connectivity index (χ0n) is 19.5. The zero-order valence-corrected chi connectivity index (χ0v) is 19.5. The minimum Gasteiger partial charge on any atom is -0.497 e. The molecule has 3 aromatic rings. The summed E-state index contributed by atoms with van der Waals surface area (Å²) in [6.45, 7) is 4.08. The van der Waals surface area contributed by atoms with Crippen LogP contribution < -0.4 is 14.8 Å². The molecule has 3 aromatic carbocycles. The number of hydrogen-bond acceptors (Lipinski definition) is 4. The Kier molecular flexibility index (Phi) is 8.08. The van der Waals surface area contributed by atoms with E-state index in [1.165, 1.54) is 7.11 Å². The Hall–Kier alpha value is -3.80. The highest BCUT2D eigenvalue weighted by Gasteiger charge is 2.27. The molecule has 0 aromatic heterocycles. The van der Waals surface area contributed by atoms with Gasteiger partial charge in [-0.15, -0.1) is 0 Å². The van der Waals surface area contributed by atoms with Crippen LogP contribution in [0.2, 0.25) is 0 Å². The van der Waals surface area contributed by atoms with E-state index in [0.29, 0.717) is 23.7 Å². The molecule has 2 amide bonds. The number of nitrogens with one attached hydrogen (secondary N) is 1. The fourth-order valence-corrected chi connectivity index (χ4v) is 3.56. The van der Waals surface area contributed by atoms with Gasteiger partial charge in [0.25, 0.3) is 0 Å². The number of ether oxygens (including phenoxy) is 2. The number of carbonyl (C=O) groups excluding carboxylic acids is 2. The Morgan fingerprint density at radius 2 is 1.64 bits per heavy atom. The topological polar surface area (TPSA) is 67.9 Å². The van der Waals surface area contributed by atoms with Crippen molar-refractivity contribution in [3.05, 3.63) is 89.5 Å². The van der Waals surface area contributed by atoms with Crippen molar-refractivity contribution < 1.29 is 19.1 Å². The average molecular weight is 447 g/mol. The molecule has 6 heteroatoms. The summed E-state index contributed by atoms with van der Waals surface area (Å²) in [5.41, 5.74) is 3.49. The number of rotatable bonds is 9. The molecule has 3 rings (SSSR count). The van der Waals surface area contributed by atoms with E-state index >= 15 is 0 Å². The maximum Gasteiger partial charge on any atom is 0.247 e. The molecule has 172 valence electrons. The van der Waals surface area contributed by atoms with Gasteiger partial charge in [0.15, 0.2) is 0 Å². The molecule has 1 N–H and O–H groups in total. The summed E-state index contributed by atoms with van der Waals surface area (Å²) in [7, 11) is 3.10. The first-order valence-corrected chi connectivity index (χ1v) is 10.8. The van der Waals surface area contributed by atoms with Crippen molar-refractivity contribution >= 4 is 17.5 Å². The molecule has 0 aliphatic heterocycles. The van der Waals surface area contributed by atoms with Gasteiger partial charge >= 0.3 is 0 Å². The van der Waals surface area contributed by atoms with Gasteiger partial charge in [-0.25, -0.2) is 0 Å². The van der Waals surface area contributed by atoms with Gasteiger partial charge in [-0.1, -0.05) is 54.6 Å². The summed E-state index contributed by atoms with van der Waals surface area (Å²) >= 11 is 0. The molecular formula is C27H30N2O4. The summed E-state index contributed by atoms with van der Waals surface area (Å²) in [5, 5.41) is 2.90. The number of methoxy groups -OCH3 is 2. The summed E-state index contributed by atoms with van der Waals surface area (Å²) in [6, 6.07) is 21.9. The van der Waals surface area contributed by atoms with Crippen LogP contribution in [-0.2, 0) is 22.6 Å². The summed E-state index contributed by atoms with van der Waals surface area (Å²) < 4.78 is 10.6. The summed E-state index contributed by atoms with van der Waals surface area (Å²) in [4.78, 5) is 28.2. The molecule has 0 bridgehead atoms. The first-order valence-electron chi connectivity index (χ1n) is 10.8. The molecule has 0 aliphatic carbocycles. The predicted octanol–water partition coefficient (Wildman–Crippen LogP) is 4.61. The van der Waals surface area contributed by atoms with Gasteiger partial charge in [0.05, 0.1) is 26.3 Å². The standard InChI is InChI=1S/C27H30N2O4/c1-19-10-8-9-13-22(19)18-29(26(30)16-21-11-6-5-7-12-21)20(2)27(31)28-24-15-14-23(32-3)17-25(24)33-4/h5-15,17,20H,16,18H2,1-4H3,(H,28,31). The lowest BCUT2D eigenvalue weighted by atomic mass is 10.1. The fourth-order valence-electron chi connectivity index (χ4n) is 3.56. The Morgan fingerprint density at radius 3 is 2.30 bits per heavy atom. The SMILES string of the molecule is COc1ccc(NC(=O)C(C)N(Cc2ccccc2C)C(=O)Cc2ccccc2)c(OC)c1. The van der Waals surface area contributed by atoms with Crippen LogP contribution in [0.3, 0.4) is 0 Å². The fraction of sp³-hybridized carbons (Fsp3) is 0.259. The van der Waals surface area contributed by atoms with Crippen molar-refractivity contribution in [1.82, 2.24) is 4.90 Å². The molecule has 1 atom stereocenters. The summed E-state index contributed by atoms with van der Waals surface area (Å²) in [5.74, 6) is 0.690. The molecule has 0 saturated heterocycles. The molecule has 1 unspecified atom stereocenters. The number of aryl methyl sites for hydroxylation is 1. The van der Waals surface area contributed by atoms with E-state index in [4.69, 9.17) is 9.47 Å². The van der Waals surface area contributed by atoms with Gasteiger partial charge in [-0.3, -0.25) is 9.59 Å². The van der Waals surface area contributed by atoms with Crippen molar-refractivity contribution in [2.75, 3.05) is 19.5 Å². The molecular weight excluding hydrogens is 416 g/mol. The van der Waals surface area contributed by atoms with Crippen LogP contribution in [0.15, 0.2) is 72.8 Å². The number of amides is 2. The van der Waals surface area contributed by atoms with E-state index in [1.54, 1.807) is 37.1 Å². The Bertz CT molecular complexity index is 1100. The maximum absolute atomic E-state index is 13.3. The van der Waals surface area contributed by atoms with Crippen molar-refractivity contribution in [2.45, 2.75) is 32.9 Å². The van der Waals surface area contributed by atoms with E-state index in [2.05, 4.69) is 5.32 Å². The second kappa shape index (κ2) is 11.2. The number of benzene rings is 3. The highest BCUT2D eigenvalue weighted by atomic mass is 16.5. The highest BCUT2D eigenvalue weighted by Crippen LogP contribution is 2.29. The normalized spacial score (nSPS) is 11.4. The van der Waals surface area contributed by atoms with Crippen molar-refractivity contribution in [1.29, 1.82) is 0 Å². The molecule has 0 radical (unpaired) electrons. The maximum atomic E-state index is 13.3. The van der Waals surface area contributed by atoms with E-state index in [1.807, 2.05) is 61.5 Å². The smallest absolute Gasteiger partial charge is 0.247 e. The van der Waals surface area contributed by atoms with E-state index < -0.39 is 6.04 Å². The molecule has 0 heterocycles. The average Bonchev–Trinajstić information content (AvgIpc) is 2.83. The van der Waals surface area contributed by atoms with Gasteiger partial charge in [0, 0.05) is 12.6 Å². The molecule has 0 fully saturated rings. The Labute approximate surface area is 195 Å². The first kappa shape index (κ1) is 23.9. The quantitative estimate of drug-likeness (QED) is 0.521. The zero-order chi connectivity index (χ0) is 23.8. The largest absolute Gasteiger partial charge is 0.497 e. The third-order valence-corrected chi connectivity index (χ3v) is 5.63. The van der Waals surface area contributed by atoms with Gasteiger partial charge in [-0.05, 0) is 42.7 Å². The van der Waals surface area contributed by atoms with Gasteiger partial charge in [-0.2, -0.15) is 0 Å². The molecule has 6 nitrogen and oxygen atoms in total. The van der Waals surface area contributed by atoms with E-state index in [0.717, 1.165) is 16.7 Å². The lowest BCUT2D eigenvalue weighted by Gasteiger charge is -2.29. The summed E-state index contributed by atoms with van der Waals surface area (Å²) in [6.07, 6.45) is 0.218. The van der Waals surface area contributed by atoms with Crippen LogP contribution in [0, 0.1) is 6.92 Å². The Balaban J connectivity index is 1.84. The van der Waals surface area contributed by atoms with Crippen LogP contribution in [-0.4, -0.2) is 37.0 Å². The monoisotopic (exact) mass is 446 g/mol. The van der Waals surface area contributed by atoms with Crippen LogP contribution in [0.1, 0.15) is 23.6 Å². The minimum atomic E-state index is -0.701.